The number of halogens is 1. The SMILES string of the molecule is COc1ccc(Br)cc1C(=O)Nc1ccccc1OCc1ccccc1. The zero-order valence-electron chi connectivity index (χ0n) is 14.2. The maximum absolute atomic E-state index is 12.7. The number of rotatable bonds is 6. The summed E-state index contributed by atoms with van der Waals surface area (Å²) in [6, 6.07) is 22.5. The molecule has 3 rings (SSSR count). The van der Waals surface area contributed by atoms with Crippen LogP contribution in [0, 0.1) is 0 Å². The molecule has 0 aromatic heterocycles. The molecule has 0 atom stereocenters. The van der Waals surface area contributed by atoms with E-state index in [1.54, 1.807) is 12.1 Å². The Morgan fingerprint density at radius 3 is 2.46 bits per heavy atom. The first-order valence-electron chi connectivity index (χ1n) is 8.08. The molecule has 4 nitrogen and oxygen atoms in total. The van der Waals surface area contributed by atoms with Crippen LogP contribution in [-0.4, -0.2) is 13.0 Å². The van der Waals surface area contributed by atoms with E-state index in [0.717, 1.165) is 10.0 Å². The van der Waals surface area contributed by atoms with Gasteiger partial charge in [0.1, 0.15) is 18.1 Å². The van der Waals surface area contributed by atoms with Crippen LogP contribution in [-0.2, 0) is 6.61 Å². The molecule has 0 saturated heterocycles. The maximum Gasteiger partial charge on any atom is 0.259 e. The number of carbonyl (C=O) groups excluding carboxylic acids is 1. The van der Waals surface area contributed by atoms with Gasteiger partial charge in [-0.3, -0.25) is 4.79 Å². The van der Waals surface area contributed by atoms with E-state index < -0.39 is 0 Å². The lowest BCUT2D eigenvalue weighted by molar-refractivity contribution is 0.102. The third-order valence-corrected chi connectivity index (χ3v) is 4.27. The Kier molecular flexibility index (Phi) is 5.92. The first kappa shape index (κ1) is 18.0. The van der Waals surface area contributed by atoms with Crippen LogP contribution in [0.15, 0.2) is 77.3 Å². The molecule has 1 amide bonds. The van der Waals surface area contributed by atoms with Gasteiger partial charge in [0.05, 0.1) is 18.4 Å². The lowest BCUT2D eigenvalue weighted by atomic mass is 10.1. The number of benzene rings is 3. The third-order valence-electron chi connectivity index (χ3n) is 3.78. The summed E-state index contributed by atoms with van der Waals surface area (Å²) in [5.41, 5.74) is 2.11. The van der Waals surface area contributed by atoms with Gasteiger partial charge in [-0.05, 0) is 35.9 Å². The zero-order chi connectivity index (χ0) is 18.4. The average Bonchev–Trinajstić information content (AvgIpc) is 2.68. The van der Waals surface area contributed by atoms with Crippen molar-refractivity contribution in [1.29, 1.82) is 0 Å². The van der Waals surface area contributed by atoms with Crippen LogP contribution in [0.2, 0.25) is 0 Å². The molecule has 0 aliphatic heterocycles. The molecule has 0 spiro atoms. The van der Waals surface area contributed by atoms with Gasteiger partial charge in [0.15, 0.2) is 0 Å². The Labute approximate surface area is 160 Å². The number of para-hydroxylation sites is 2. The number of amides is 1. The minimum absolute atomic E-state index is 0.265. The Hall–Kier alpha value is -2.79. The zero-order valence-corrected chi connectivity index (χ0v) is 15.8. The van der Waals surface area contributed by atoms with Gasteiger partial charge in [0.25, 0.3) is 5.91 Å². The van der Waals surface area contributed by atoms with Gasteiger partial charge in [-0.1, -0.05) is 58.4 Å². The number of hydrogen-bond acceptors (Lipinski definition) is 3. The highest BCUT2D eigenvalue weighted by molar-refractivity contribution is 9.10. The number of methoxy groups -OCH3 is 1. The minimum atomic E-state index is -0.265. The van der Waals surface area contributed by atoms with E-state index in [4.69, 9.17) is 9.47 Å². The maximum atomic E-state index is 12.7. The highest BCUT2D eigenvalue weighted by Crippen LogP contribution is 2.28. The Morgan fingerprint density at radius 1 is 0.962 bits per heavy atom. The summed E-state index contributed by atoms with van der Waals surface area (Å²) in [7, 11) is 1.54. The van der Waals surface area contributed by atoms with E-state index in [2.05, 4.69) is 21.2 Å². The second kappa shape index (κ2) is 8.54. The van der Waals surface area contributed by atoms with E-state index in [-0.39, 0.29) is 5.91 Å². The first-order chi connectivity index (χ1) is 12.7. The standard InChI is InChI=1S/C21H18BrNO3/c1-25-19-12-11-16(22)13-17(19)21(24)23-18-9-5-6-10-20(18)26-14-15-7-3-2-4-8-15/h2-13H,14H2,1H3,(H,23,24). The Bertz CT molecular complexity index is 897. The summed E-state index contributed by atoms with van der Waals surface area (Å²) in [5.74, 6) is 0.853. The van der Waals surface area contributed by atoms with Gasteiger partial charge in [-0.2, -0.15) is 0 Å². The third kappa shape index (κ3) is 4.43. The molecule has 0 radical (unpaired) electrons. The van der Waals surface area contributed by atoms with E-state index in [1.807, 2.05) is 60.7 Å². The smallest absolute Gasteiger partial charge is 0.259 e. The summed E-state index contributed by atoms with van der Waals surface area (Å²) in [5, 5.41) is 2.90. The van der Waals surface area contributed by atoms with Crippen LogP contribution in [0.5, 0.6) is 11.5 Å². The molecule has 5 heteroatoms. The minimum Gasteiger partial charge on any atom is -0.496 e. The lowest BCUT2D eigenvalue weighted by Gasteiger charge is -2.14. The number of ether oxygens (including phenoxy) is 2. The summed E-state index contributed by atoms with van der Waals surface area (Å²) in [6.07, 6.45) is 0. The second-order valence-corrected chi connectivity index (χ2v) is 6.48. The normalized spacial score (nSPS) is 10.2. The van der Waals surface area contributed by atoms with Crippen molar-refractivity contribution in [3.05, 3.63) is 88.4 Å². The molecule has 0 bridgehead atoms. The predicted octanol–water partition coefficient (Wildman–Crippen LogP) is 5.29. The Morgan fingerprint density at radius 2 is 1.69 bits per heavy atom. The summed E-state index contributed by atoms with van der Waals surface area (Å²) >= 11 is 3.38. The van der Waals surface area contributed by atoms with E-state index in [9.17, 15) is 4.79 Å². The molecule has 3 aromatic rings. The quantitative estimate of drug-likeness (QED) is 0.599. The van der Waals surface area contributed by atoms with Crippen molar-refractivity contribution in [3.8, 4) is 11.5 Å². The molecule has 132 valence electrons. The van der Waals surface area contributed by atoms with Crippen LogP contribution in [0.4, 0.5) is 5.69 Å². The van der Waals surface area contributed by atoms with Crippen molar-refractivity contribution in [3.63, 3.8) is 0 Å². The second-order valence-electron chi connectivity index (χ2n) is 5.57. The van der Waals surface area contributed by atoms with Gasteiger partial charge >= 0.3 is 0 Å². The van der Waals surface area contributed by atoms with Crippen LogP contribution < -0.4 is 14.8 Å². The number of nitrogens with one attached hydrogen (secondary N) is 1. The fourth-order valence-corrected chi connectivity index (χ4v) is 2.84. The van der Waals surface area contributed by atoms with Crippen LogP contribution in [0.1, 0.15) is 15.9 Å². The molecular weight excluding hydrogens is 394 g/mol. The van der Waals surface area contributed by atoms with Crippen LogP contribution in [0.25, 0.3) is 0 Å². The van der Waals surface area contributed by atoms with E-state index in [1.165, 1.54) is 7.11 Å². The van der Waals surface area contributed by atoms with Gasteiger partial charge in [-0.25, -0.2) is 0 Å². The van der Waals surface area contributed by atoms with E-state index >= 15 is 0 Å². The molecule has 3 aromatic carbocycles. The number of hydrogen-bond donors (Lipinski definition) is 1. The average molecular weight is 412 g/mol. The van der Waals surface area contributed by atoms with Crippen molar-refractivity contribution in [2.45, 2.75) is 6.61 Å². The molecule has 0 aliphatic rings. The number of carbonyl (C=O) groups is 1. The molecule has 0 unspecified atom stereocenters. The van der Waals surface area contributed by atoms with Crippen molar-refractivity contribution in [1.82, 2.24) is 0 Å². The summed E-state index contributed by atoms with van der Waals surface area (Å²) < 4.78 is 12.0. The molecule has 0 saturated carbocycles. The number of anilines is 1. The highest BCUT2D eigenvalue weighted by atomic mass is 79.9. The van der Waals surface area contributed by atoms with Crippen LogP contribution in [0.3, 0.4) is 0 Å². The topological polar surface area (TPSA) is 47.6 Å². The molecule has 0 heterocycles. The monoisotopic (exact) mass is 411 g/mol. The van der Waals surface area contributed by atoms with Crippen molar-refractivity contribution >= 4 is 27.5 Å². The highest BCUT2D eigenvalue weighted by Gasteiger charge is 2.15. The lowest BCUT2D eigenvalue weighted by Crippen LogP contribution is -2.14. The fraction of sp³-hybridized carbons (Fsp3) is 0.0952. The van der Waals surface area contributed by atoms with Crippen molar-refractivity contribution < 1.29 is 14.3 Å². The fourth-order valence-electron chi connectivity index (χ4n) is 2.48. The van der Waals surface area contributed by atoms with Gasteiger partial charge in [-0.15, -0.1) is 0 Å². The van der Waals surface area contributed by atoms with Crippen LogP contribution >= 0.6 is 15.9 Å². The van der Waals surface area contributed by atoms with Gasteiger partial charge in [0, 0.05) is 4.47 Å². The molecular formula is C21H18BrNO3. The predicted molar refractivity (Wildman–Crippen MR) is 106 cm³/mol. The van der Waals surface area contributed by atoms with E-state index in [0.29, 0.717) is 29.4 Å². The Balaban J connectivity index is 1.78. The largest absolute Gasteiger partial charge is 0.496 e. The molecule has 26 heavy (non-hydrogen) atoms. The van der Waals surface area contributed by atoms with Gasteiger partial charge in [0.2, 0.25) is 0 Å². The first-order valence-corrected chi connectivity index (χ1v) is 8.87. The molecule has 0 fully saturated rings. The van der Waals surface area contributed by atoms with Crippen molar-refractivity contribution in [2.75, 3.05) is 12.4 Å². The van der Waals surface area contributed by atoms with Gasteiger partial charge < -0.3 is 14.8 Å². The summed E-state index contributed by atoms with van der Waals surface area (Å²) in [6.45, 7) is 0.425. The molecule has 1 N–H and O–H groups in total. The van der Waals surface area contributed by atoms with Crippen molar-refractivity contribution in [2.24, 2.45) is 0 Å². The molecule has 0 aliphatic carbocycles. The summed E-state index contributed by atoms with van der Waals surface area (Å²) in [4.78, 5) is 12.7.